The summed E-state index contributed by atoms with van der Waals surface area (Å²) in [5.41, 5.74) is 0.330. The largest absolute Gasteiger partial charge is 0.573 e. The van der Waals surface area contributed by atoms with Crippen molar-refractivity contribution in [3.8, 4) is 5.75 Å². The molecular formula is C17H23F6NO3. The summed E-state index contributed by atoms with van der Waals surface area (Å²) in [6.45, 7) is 3.34. The van der Waals surface area contributed by atoms with Crippen LogP contribution in [0, 0.1) is 0 Å². The Labute approximate surface area is 153 Å². The molecule has 0 saturated carbocycles. The molecule has 27 heavy (non-hydrogen) atoms. The van der Waals surface area contributed by atoms with E-state index in [-0.39, 0.29) is 19.2 Å². The Morgan fingerprint density at radius 2 is 1.78 bits per heavy atom. The van der Waals surface area contributed by atoms with Crippen LogP contribution in [0.5, 0.6) is 5.75 Å². The van der Waals surface area contributed by atoms with E-state index in [9.17, 15) is 31.4 Å². The Kier molecular flexibility index (Phi) is 8.83. The third kappa shape index (κ3) is 10.4. The number of aliphatic hydroxyl groups excluding tert-OH is 1. The summed E-state index contributed by atoms with van der Waals surface area (Å²) in [5.74, 6) is -0.459. The number of nitrogens with zero attached hydrogens (tertiary/aromatic N) is 1. The Morgan fingerprint density at radius 3 is 2.33 bits per heavy atom. The zero-order valence-corrected chi connectivity index (χ0v) is 15.0. The third-order valence-corrected chi connectivity index (χ3v) is 3.42. The van der Waals surface area contributed by atoms with Gasteiger partial charge in [0, 0.05) is 26.2 Å². The Balaban J connectivity index is 2.78. The van der Waals surface area contributed by atoms with E-state index in [0.717, 1.165) is 12.1 Å². The zero-order chi connectivity index (χ0) is 20.7. The first-order chi connectivity index (χ1) is 12.4. The molecule has 0 radical (unpaired) electrons. The SMILES string of the molecule is CC(C)OCCCN(Cc1cccc(OC(F)(F)F)c1)CC(O)C(F)(F)F. The highest BCUT2D eigenvalue weighted by Crippen LogP contribution is 2.25. The maximum absolute atomic E-state index is 12.6. The van der Waals surface area contributed by atoms with Gasteiger partial charge in [-0.05, 0) is 38.0 Å². The lowest BCUT2D eigenvalue weighted by Gasteiger charge is -2.26. The number of ether oxygens (including phenoxy) is 2. The molecule has 4 nitrogen and oxygen atoms in total. The van der Waals surface area contributed by atoms with Crippen molar-refractivity contribution < 1.29 is 40.9 Å². The lowest BCUT2D eigenvalue weighted by Crippen LogP contribution is -2.41. The van der Waals surface area contributed by atoms with Crippen molar-refractivity contribution in [1.29, 1.82) is 0 Å². The molecule has 0 aromatic heterocycles. The van der Waals surface area contributed by atoms with Crippen LogP contribution in [0.4, 0.5) is 26.3 Å². The average Bonchev–Trinajstić information content (AvgIpc) is 2.48. The van der Waals surface area contributed by atoms with E-state index >= 15 is 0 Å². The Bertz CT molecular complexity index is 562. The monoisotopic (exact) mass is 403 g/mol. The van der Waals surface area contributed by atoms with Crippen LogP contribution in [0.3, 0.4) is 0 Å². The highest BCUT2D eigenvalue weighted by molar-refractivity contribution is 5.28. The minimum Gasteiger partial charge on any atom is -0.406 e. The highest BCUT2D eigenvalue weighted by Gasteiger charge is 2.39. The number of halogens is 6. The maximum Gasteiger partial charge on any atom is 0.573 e. The second-order valence-corrected chi connectivity index (χ2v) is 6.26. The van der Waals surface area contributed by atoms with Crippen LogP contribution in [-0.2, 0) is 11.3 Å². The van der Waals surface area contributed by atoms with Gasteiger partial charge in [0.15, 0.2) is 6.10 Å². The quantitative estimate of drug-likeness (QED) is 0.471. The van der Waals surface area contributed by atoms with Gasteiger partial charge >= 0.3 is 12.5 Å². The van der Waals surface area contributed by atoms with Crippen molar-refractivity contribution in [2.75, 3.05) is 19.7 Å². The lowest BCUT2D eigenvalue weighted by atomic mass is 10.2. The second-order valence-electron chi connectivity index (χ2n) is 6.26. The Morgan fingerprint density at radius 1 is 1.11 bits per heavy atom. The zero-order valence-electron chi connectivity index (χ0n) is 15.0. The van der Waals surface area contributed by atoms with Crippen LogP contribution in [0.1, 0.15) is 25.8 Å². The van der Waals surface area contributed by atoms with Gasteiger partial charge in [-0.1, -0.05) is 12.1 Å². The number of aliphatic hydroxyl groups is 1. The summed E-state index contributed by atoms with van der Waals surface area (Å²) in [4.78, 5) is 1.31. The average molecular weight is 403 g/mol. The molecule has 1 N–H and O–H groups in total. The van der Waals surface area contributed by atoms with Gasteiger partial charge in [0.25, 0.3) is 0 Å². The van der Waals surface area contributed by atoms with E-state index in [1.165, 1.54) is 17.0 Å². The van der Waals surface area contributed by atoms with E-state index in [1.807, 2.05) is 13.8 Å². The number of hydrogen-bond donors (Lipinski definition) is 1. The van der Waals surface area contributed by atoms with Gasteiger partial charge in [-0.25, -0.2) is 0 Å². The van der Waals surface area contributed by atoms with E-state index in [0.29, 0.717) is 18.6 Å². The summed E-state index contributed by atoms with van der Waals surface area (Å²) < 4.78 is 84.0. The minimum absolute atomic E-state index is 0.0320. The molecule has 0 bridgehead atoms. The summed E-state index contributed by atoms with van der Waals surface area (Å²) in [6, 6.07) is 4.99. The van der Waals surface area contributed by atoms with E-state index in [1.54, 1.807) is 0 Å². The number of rotatable bonds is 10. The van der Waals surface area contributed by atoms with Crippen molar-refractivity contribution in [3.63, 3.8) is 0 Å². The van der Waals surface area contributed by atoms with Crippen LogP contribution in [0.25, 0.3) is 0 Å². The number of hydrogen-bond acceptors (Lipinski definition) is 4. The molecule has 0 aliphatic rings. The first-order valence-corrected chi connectivity index (χ1v) is 8.30. The fourth-order valence-corrected chi connectivity index (χ4v) is 2.29. The first kappa shape index (κ1) is 23.5. The van der Waals surface area contributed by atoms with Gasteiger partial charge in [-0.3, -0.25) is 4.90 Å². The summed E-state index contributed by atoms with van der Waals surface area (Å²) >= 11 is 0. The molecule has 1 aromatic carbocycles. The van der Waals surface area contributed by atoms with Crippen LogP contribution in [-0.4, -0.2) is 54.4 Å². The predicted octanol–water partition coefficient (Wildman–Crippen LogP) is 4.13. The molecule has 0 amide bonds. The first-order valence-electron chi connectivity index (χ1n) is 8.30. The number of benzene rings is 1. The summed E-state index contributed by atoms with van der Waals surface area (Å²) in [6.07, 6.45) is -11.8. The summed E-state index contributed by atoms with van der Waals surface area (Å²) in [5, 5.41) is 9.31. The van der Waals surface area contributed by atoms with Crippen molar-refractivity contribution in [2.24, 2.45) is 0 Å². The third-order valence-electron chi connectivity index (χ3n) is 3.42. The fourth-order valence-electron chi connectivity index (χ4n) is 2.29. The van der Waals surface area contributed by atoms with Gasteiger partial charge < -0.3 is 14.6 Å². The fraction of sp³-hybridized carbons (Fsp3) is 0.647. The second kappa shape index (κ2) is 10.1. The smallest absolute Gasteiger partial charge is 0.406 e. The molecule has 0 aliphatic carbocycles. The molecule has 0 heterocycles. The Hall–Kier alpha value is -1.52. The molecule has 0 saturated heterocycles. The van der Waals surface area contributed by atoms with E-state index in [4.69, 9.17) is 4.74 Å². The van der Waals surface area contributed by atoms with Gasteiger partial charge in [0.1, 0.15) is 5.75 Å². The van der Waals surface area contributed by atoms with Gasteiger partial charge in [0.05, 0.1) is 6.10 Å². The number of alkyl halides is 6. The molecule has 0 spiro atoms. The van der Waals surface area contributed by atoms with Crippen LogP contribution >= 0.6 is 0 Å². The molecule has 0 aliphatic heterocycles. The van der Waals surface area contributed by atoms with Crippen molar-refractivity contribution in [2.45, 2.75) is 51.6 Å². The molecule has 1 aromatic rings. The predicted molar refractivity (Wildman–Crippen MR) is 86.2 cm³/mol. The molecule has 1 atom stereocenters. The van der Waals surface area contributed by atoms with Crippen molar-refractivity contribution in [3.05, 3.63) is 29.8 Å². The minimum atomic E-state index is -4.86. The van der Waals surface area contributed by atoms with Crippen LogP contribution in [0.2, 0.25) is 0 Å². The molecule has 10 heteroatoms. The van der Waals surface area contributed by atoms with Crippen LogP contribution < -0.4 is 4.74 Å². The van der Waals surface area contributed by atoms with Crippen LogP contribution in [0.15, 0.2) is 24.3 Å². The highest BCUT2D eigenvalue weighted by atomic mass is 19.4. The van der Waals surface area contributed by atoms with E-state index in [2.05, 4.69) is 4.74 Å². The molecule has 156 valence electrons. The van der Waals surface area contributed by atoms with Crippen molar-refractivity contribution >= 4 is 0 Å². The normalized spacial score (nSPS) is 14.0. The lowest BCUT2D eigenvalue weighted by molar-refractivity contribution is -0.274. The molecule has 1 rings (SSSR count). The van der Waals surface area contributed by atoms with Gasteiger partial charge in [0.2, 0.25) is 0 Å². The topological polar surface area (TPSA) is 41.9 Å². The molecule has 0 fully saturated rings. The molecule has 1 unspecified atom stereocenters. The standard InChI is InChI=1S/C17H23F6NO3/c1-12(2)26-8-4-7-24(11-15(25)16(18,19)20)10-13-5-3-6-14(9-13)27-17(21,22)23/h3,5-6,9,12,15,25H,4,7-8,10-11H2,1-2H3. The van der Waals surface area contributed by atoms with Crippen molar-refractivity contribution in [1.82, 2.24) is 4.90 Å². The summed E-state index contributed by atoms with van der Waals surface area (Å²) in [7, 11) is 0. The maximum atomic E-state index is 12.6. The van der Waals surface area contributed by atoms with Gasteiger partial charge in [-0.2, -0.15) is 13.2 Å². The molecular weight excluding hydrogens is 380 g/mol. The van der Waals surface area contributed by atoms with E-state index < -0.39 is 30.9 Å². The van der Waals surface area contributed by atoms with Gasteiger partial charge in [-0.15, -0.1) is 13.2 Å².